The van der Waals surface area contributed by atoms with Crippen molar-refractivity contribution >= 4 is 19.9 Å². The maximum Gasteiger partial charge on any atom is 0.243 e. The summed E-state index contributed by atoms with van der Waals surface area (Å²) in [4.78, 5) is 0.230. The van der Waals surface area contributed by atoms with Crippen molar-refractivity contribution < 1.29 is 16.8 Å². The molecule has 0 radical (unpaired) electrons. The quantitative estimate of drug-likeness (QED) is 0.739. The maximum atomic E-state index is 12.9. The molecule has 0 saturated carbocycles. The lowest BCUT2D eigenvalue weighted by molar-refractivity contribution is 0.422. The van der Waals surface area contributed by atoms with Crippen molar-refractivity contribution in [2.45, 2.75) is 37.1 Å². The number of hydrogen-bond acceptors (Lipinski definition) is 4. The van der Waals surface area contributed by atoms with Crippen molar-refractivity contribution in [2.24, 2.45) is 0 Å². The second-order valence-electron chi connectivity index (χ2n) is 5.73. The van der Waals surface area contributed by atoms with Crippen LogP contribution in [0.4, 0.5) is 0 Å². The Morgan fingerprint density at radius 2 is 1.40 bits per heavy atom. The minimum absolute atomic E-state index is 0.0204. The summed E-state index contributed by atoms with van der Waals surface area (Å²) in [6, 6.07) is 13.1. The fourth-order valence-electron chi connectivity index (χ4n) is 2.48. The Hall–Kier alpha value is -1.70. The Balaban J connectivity index is 2.34. The van der Waals surface area contributed by atoms with Crippen LogP contribution in [0, 0.1) is 6.92 Å². The molecule has 2 aromatic carbocycles. The Labute approximate surface area is 150 Å². The van der Waals surface area contributed by atoms with E-state index < -0.39 is 19.9 Å². The van der Waals surface area contributed by atoms with Gasteiger partial charge in [-0.25, -0.2) is 16.8 Å². The van der Waals surface area contributed by atoms with Crippen LogP contribution in [-0.2, 0) is 26.4 Å². The first-order valence-electron chi connectivity index (χ1n) is 8.10. The molecule has 136 valence electrons. The Bertz CT molecular complexity index is 933. The number of rotatable bonds is 7. The van der Waals surface area contributed by atoms with Gasteiger partial charge in [0.15, 0.2) is 9.84 Å². The third kappa shape index (κ3) is 4.29. The molecule has 2 rings (SSSR count). The lowest BCUT2D eigenvalue weighted by Crippen LogP contribution is -2.30. The Morgan fingerprint density at radius 3 is 1.92 bits per heavy atom. The molecule has 0 aromatic heterocycles. The van der Waals surface area contributed by atoms with Crippen molar-refractivity contribution in [3.8, 4) is 0 Å². The highest BCUT2D eigenvalue weighted by Crippen LogP contribution is 2.21. The minimum Gasteiger partial charge on any atom is -0.224 e. The second-order valence-corrected chi connectivity index (χ2v) is 9.95. The normalized spacial score (nSPS) is 12.5. The van der Waals surface area contributed by atoms with Gasteiger partial charge in [-0.1, -0.05) is 38.1 Å². The SMILES string of the molecule is CCN(Cc1ccccc1C)S(=O)(=O)c1ccc(S(=O)(=O)CC)cc1. The van der Waals surface area contributed by atoms with Crippen LogP contribution >= 0.6 is 0 Å². The molecule has 0 fully saturated rings. The monoisotopic (exact) mass is 381 g/mol. The summed E-state index contributed by atoms with van der Waals surface area (Å²) in [6.45, 7) is 5.89. The molecule has 0 heterocycles. The molecule has 0 saturated heterocycles. The topological polar surface area (TPSA) is 71.5 Å². The predicted octanol–water partition coefficient (Wildman–Crippen LogP) is 3.00. The van der Waals surface area contributed by atoms with Gasteiger partial charge in [0.2, 0.25) is 10.0 Å². The number of sulfonamides is 1. The highest BCUT2D eigenvalue weighted by Gasteiger charge is 2.24. The van der Waals surface area contributed by atoms with Crippen molar-refractivity contribution in [1.29, 1.82) is 0 Å². The number of sulfone groups is 1. The summed E-state index contributed by atoms with van der Waals surface area (Å²) in [6.07, 6.45) is 0. The molecule has 0 unspecified atom stereocenters. The van der Waals surface area contributed by atoms with Gasteiger partial charge in [0.1, 0.15) is 0 Å². The Morgan fingerprint density at radius 1 is 0.840 bits per heavy atom. The summed E-state index contributed by atoms with van der Waals surface area (Å²) in [5.74, 6) is -0.0204. The van der Waals surface area contributed by atoms with Crippen LogP contribution in [0.5, 0.6) is 0 Å². The zero-order chi connectivity index (χ0) is 18.7. The minimum atomic E-state index is -3.70. The summed E-state index contributed by atoms with van der Waals surface area (Å²) in [5.41, 5.74) is 1.97. The molecule has 5 nitrogen and oxygen atoms in total. The van der Waals surface area contributed by atoms with E-state index in [4.69, 9.17) is 0 Å². The molecule has 0 aliphatic carbocycles. The van der Waals surface area contributed by atoms with E-state index in [1.54, 1.807) is 13.8 Å². The predicted molar refractivity (Wildman–Crippen MR) is 98.6 cm³/mol. The van der Waals surface area contributed by atoms with Gasteiger partial charge in [0.05, 0.1) is 15.5 Å². The number of aryl methyl sites for hydroxylation is 1. The molecule has 0 atom stereocenters. The van der Waals surface area contributed by atoms with Crippen LogP contribution in [0.3, 0.4) is 0 Å². The highest BCUT2D eigenvalue weighted by molar-refractivity contribution is 7.91. The number of nitrogens with zero attached hydrogens (tertiary/aromatic N) is 1. The molecule has 0 spiro atoms. The van der Waals surface area contributed by atoms with Crippen molar-refractivity contribution in [1.82, 2.24) is 4.31 Å². The van der Waals surface area contributed by atoms with E-state index in [1.807, 2.05) is 31.2 Å². The van der Waals surface area contributed by atoms with Gasteiger partial charge >= 0.3 is 0 Å². The largest absolute Gasteiger partial charge is 0.243 e. The van der Waals surface area contributed by atoms with Gasteiger partial charge < -0.3 is 0 Å². The molecule has 7 heteroatoms. The number of benzene rings is 2. The zero-order valence-corrected chi connectivity index (χ0v) is 16.3. The summed E-state index contributed by atoms with van der Waals surface area (Å²) in [5, 5.41) is 0. The van der Waals surface area contributed by atoms with Gasteiger partial charge in [-0.3, -0.25) is 0 Å². The van der Waals surface area contributed by atoms with Crippen LogP contribution in [0.1, 0.15) is 25.0 Å². The van der Waals surface area contributed by atoms with E-state index in [0.29, 0.717) is 6.54 Å². The lowest BCUT2D eigenvalue weighted by atomic mass is 10.1. The fraction of sp³-hybridized carbons (Fsp3) is 0.333. The average Bonchev–Trinajstić information content (AvgIpc) is 2.61. The van der Waals surface area contributed by atoms with Gasteiger partial charge in [0.25, 0.3) is 0 Å². The first kappa shape index (κ1) is 19.6. The van der Waals surface area contributed by atoms with E-state index in [2.05, 4.69) is 0 Å². The molecule has 0 bridgehead atoms. The van der Waals surface area contributed by atoms with E-state index in [9.17, 15) is 16.8 Å². The third-order valence-electron chi connectivity index (χ3n) is 4.16. The number of hydrogen-bond donors (Lipinski definition) is 0. The Kier molecular flexibility index (Phi) is 6.03. The van der Waals surface area contributed by atoms with Gasteiger partial charge in [0, 0.05) is 13.1 Å². The van der Waals surface area contributed by atoms with Gasteiger partial charge in [-0.2, -0.15) is 4.31 Å². The standard InChI is InChI=1S/C18H23NO4S2/c1-4-19(14-16-9-7-6-8-15(16)3)25(22,23)18-12-10-17(11-13-18)24(20,21)5-2/h6-13H,4-5,14H2,1-3H3. The average molecular weight is 382 g/mol. The van der Waals surface area contributed by atoms with Gasteiger partial charge in [-0.05, 0) is 42.3 Å². The molecule has 2 aromatic rings. The lowest BCUT2D eigenvalue weighted by Gasteiger charge is -2.21. The van der Waals surface area contributed by atoms with E-state index in [1.165, 1.54) is 28.6 Å². The summed E-state index contributed by atoms with van der Waals surface area (Å²) >= 11 is 0. The van der Waals surface area contributed by atoms with Crippen LogP contribution in [0.15, 0.2) is 58.3 Å². The molecule has 0 amide bonds. The molecule has 0 aliphatic rings. The summed E-state index contributed by atoms with van der Waals surface area (Å²) < 4.78 is 50.9. The molecule has 25 heavy (non-hydrogen) atoms. The van der Waals surface area contributed by atoms with E-state index in [0.717, 1.165) is 11.1 Å². The molecular formula is C18H23NO4S2. The smallest absolute Gasteiger partial charge is 0.224 e. The van der Waals surface area contributed by atoms with Crippen LogP contribution < -0.4 is 0 Å². The first-order valence-corrected chi connectivity index (χ1v) is 11.2. The highest BCUT2D eigenvalue weighted by atomic mass is 32.2. The third-order valence-corrected chi connectivity index (χ3v) is 7.85. The molecular weight excluding hydrogens is 358 g/mol. The fourth-order valence-corrected chi connectivity index (χ4v) is 4.79. The van der Waals surface area contributed by atoms with Crippen LogP contribution in [0.25, 0.3) is 0 Å². The molecule has 0 aliphatic heterocycles. The molecule has 0 N–H and O–H groups in total. The van der Waals surface area contributed by atoms with E-state index in [-0.39, 0.29) is 22.1 Å². The van der Waals surface area contributed by atoms with E-state index >= 15 is 0 Å². The van der Waals surface area contributed by atoms with Gasteiger partial charge in [-0.15, -0.1) is 0 Å². The summed E-state index contributed by atoms with van der Waals surface area (Å²) in [7, 11) is -7.05. The first-order chi connectivity index (χ1) is 11.7. The van der Waals surface area contributed by atoms with Crippen molar-refractivity contribution in [3.05, 3.63) is 59.7 Å². The maximum absolute atomic E-state index is 12.9. The van der Waals surface area contributed by atoms with Crippen LogP contribution in [0.2, 0.25) is 0 Å². The second kappa shape index (κ2) is 7.68. The van der Waals surface area contributed by atoms with Crippen molar-refractivity contribution in [3.63, 3.8) is 0 Å². The van der Waals surface area contributed by atoms with Crippen molar-refractivity contribution in [2.75, 3.05) is 12.3 Å². The zero-order valence-electron chi connectivity index (χ0n) is 14.6. The van der Waals surface area contributed by atoms with Crippen LogP contribution in [-0.4, -0.2) is 33.4 Å².